The number of hydrogen-bond acceptors (Lipinski definition) is 3. The van der Waals surface area contributed by atoms with Crippen LogP contribution >= 0.6 is 34.2 Å². The molecule has 0 unspecified atom stereocenters. The average Bonchev–Trinajstić information content (AvgIpc) is 2.38. The molecule has 0 aliphatic carbocycles. The van der Waals surface area contributed by atoms with E-state index in [1.807, 2.05) is 30.3 Å². The molecule has 94 valence electrons. The Labute approximate surface area is 125 Å². The first-order valence-corrected chi connectivity index (χ1v) is 6.82. The zero-order valence-corrected chi connectivity index (χ0v) is 12.7. The second kappa shape index (κ2) is 6.24. The Hall–Kier alpha value is -1.01. The summed E-state index contributed by atoms with van der Waals surface area (Å²) in [6, 6.07) is 9.73. The molecule has 0 fully saturated rings. The number of aromatic nitrogens is 1. The molecule has 3 nitrogen and oxygen atoms in total. The van der Waals surface area contributed by atoms with Crippen molar-refractivity contribution in [3.8, 4) is 5.88 Å². The second-order valence-electron chi connectivity index (χ2n) is 3.69. The topological polar surface area (TPSA) is 34.1 Å². The number of hydrogen-bond donors (Lipinski definition) is 1. The summed E-state index contributed by atoms with van der Waals surface area (Å²) in [4.78, 5) is 4.15. The van der Waals surface area contributed by atoms with Gasteiger partial charge in [-0.1, -0.05) is 17.7 Å². The van der Waals surface area contributed by atoms with Crippen LogP contribution in [0.25, 0.3) is 0 Å². The van der Waals surface area contributed by atoms with E-state index >= 15 is 0 Å². The smallest absolute Gasteiger partial charge is 0.212 e. The van der Waals surface area contributed by atoms with Gasteiger partial charge in [-0.05, 0) is 46.4 Å². The van der Waals surface area contributed by atoms with Crippen molar-refractivity contribution in [3.63, 3.8) is 0 Å². The molecular formula is C13H12ClIN2O. The molecule has 1 aromatic carbocycles. The van der Waals surface area contributed by atoms with Crippen LogP contribution in [0.3, 0.4) is 0 Å². The minimum absolute atomic E-state index is 0.617. The van der Waals surface area contributed by atoms with E-state index in [2.05, 4.69) is 32.9 Å². The van der Waals surface area contributed by atoms with E-state index < -0.39 is 0 Å². The lowest BCUT2D eigenvalue weighted by atomic mass is 10.2. The number of benzene rings is 1. The van der Waals surface area contributed by atoms with Crippen LogP contribution in [0.1, 0.15) is 5.56 Å². The quantitative estimate of drug-likeness (QED) is 0.823. The highest BCUT2D eigenvalue weighted by molar-refractivity contribution is 14.1. The number of rotatable bonds is 4. The van der Waals surface area contributed by atoms with Crippen molar-refractivity contribution in [2.24, 2.45) is 0 Å². The molecule has 5 heteroatoms. The van der Waals surface area contributed by atoms with Gasteiger partial charge in [0.2, 0.25) is 5.88 Å². The summed E-state index contributed by atoms with van der Waals surface area (Å²) >= 11 is 8.37. The number of nitrogens with one attached hydrogen (secondary N) is 1. The minimum Gasteiger partial charge on any atom is -0.481 e. The van der Waals surface area contributed by atoms with Crippen LogP contribution in [-0.4, -0.2) is 12.1 Å². The highest BCUT2D eigenvalue weighted by Gasteiger charge is 2.01. The van der Waals surface area contributed by atoms with Gasteiger partial charge in [-0.25, -0.2) is 4.98 Å². The maximum atomic E-state index is 6.14. The molecule has 0 atom stereocenters. The number of methoxy groups -OCH3 is 1. The van der Waals surface area contributed by atoms with E-state index in [-0.39, 0.29) is 0 Å². The summed E-state index contributed by atoms with van der Waals surface area (Å²) < 4.78 is 6.13. The predicted molar refractivity (Wildman–Crippen MR) is 82.3 cm³/mol. The standard InChI is InChI=1S/C13H12ClIN2O/c1-18-13-5-2-9(8-17-13)7-16-12-4-3-10(15)6-11(12)14/h2-6,8,16H,7H2,1H3. The molecule has 0 aliphatic rings. The van der Waals surface area contributed by atoms with Gasteiger partial charge in [0.05, 0.1) is 17.8 Å². The Balaban J connectivity index is 2.02. The van der Waals surface area contributed by atoms with Gasteiger partial charge in [-0.3, -0.25) is 0 Å². The van der Waals surface area contributed by atoms with Crippen LogP contribution < -0.4 is 10.1 Å². The fraction of sp³-hybridized carbons (Fsp3) is 0.154. The molecule has 18 heavy (non-hydrogen) atoms. The molecule has 2 aromatic rings. The summed E-state index contributed by atoms with van der Waals surface area (Å²) in [5, 5.41) is 4.00. The van der Waals surface area contributed by atoms with Gasteiger partial charge in [0.1, 0.15) is 0 Å². The maximum absolute atomic E-state index is 6.14. The molecule has 0 saturated heterocycles. The molecule has 0 radical (unpaired) electrons. The van der Waals surface area contributed by atoms with Gasteiger partial charge >= 0.3 is 0 Å². The second-order valence-corrected chi connectivity index (χ2v) is 5.34. The van der Waals surface area contributed by atoms with Gasteiger partial charge in [0.25, 0.3) is 0 Å². The number of nitrogens with zero attached hydrogens (tertiary/aromatic N) is 1. The monoisotopic (exact) mass is 374 g/mol. The molecule has 1 N–H and O–H groups in total. The SMILES string of the molecule is COc1ccc(CNc2ccc(I)cc2Cl)cn1. The van der Waals surface area contributed by atoms with Crippen molar-refractivity contribution in [2.45, 2.75) is 6.54 Å². The molecular weight excluding hydrogens is 363 g/mol. The highest BCUT2D eigenvalue weighted by Crippen LogP contribution is 2.24. The molecule has 0 bridgehead atoms. The Morgan fingerprint density at radius 2 is 2.17 bits per heavy atom. The van der Waals surface area contributed by atoms with Crippen LogP contribution in [0, 0.1) is 3.57 Å². The van der Waals surface area contributed by atoms with Crippen molar-refractivity contribution >= 4 is 39.9 Å². The van der Waals surface area contributed by atoms with Gasteiger partial charge in [0.15, 0.2) is 0 Å². The molecule has 0 spiro atoms. The van der Waals surface area contributed by atoms with Crippen molar-refractivity contribution in [1.82, 2.24) is 4.98 Å². The van der Waals surface area contributed by atoms with Gasteiger partial charge in [-0.2, -0.15) is 0 Å². The van der Waals surface area contributed by atoms with Crippen molar-refractivity contribution in [1.29, 1.82) is 0 Å². The molecule has 1 aromatic heterocycles. The number of halogens is 2. The van der Waals surface area contributed by atoms with Crippen LogP contribution in [0.2, 0.25) is 5.02 Å². The largest absolute Gasteiger partial charge is 0.481 e. The summed E-state index contributed by atoms with van der Waals surface area (Å²) in [7, 11) is 1.60. The van der Waals surface area contributed by atoms with Gasteiger partial charge in [0, 0.05) is 22.4 Å². The first-order chi connectivity index (χ1) is 8.69. The minimum atomic E-state index is 0.617. The van der Waals surface area contributed by atoms with E-state index in [9.17, 15) is 0 Å². The third-order valence-corrected chi connectivity index (χ3v) is 3.40. The van der Waals surface area contributed by atoms with Crippen LogP contribution in [0.5, 0.6) is 5.88 Å². The Morgan fingerprint density at radius 3 is 2.78 bits per heavy atom. The van der Waals surface area contributed by atoms with Crippen molar-refractivity contribution < 1.29 is 4.74 Å². The number of ether oxygens (including phenoxy) is 1. The van der Waals surface area contributed by atoms with Crippen LogP contribution in [0.4, 0.5) is 5.69 Å². The maximum Gasteiger partial charge on any atom is 0.212 e. The lowest BCUT2D eigenvalue weighted by Crippen LogP contribution is -2.00. The Bertz CT molecular complexity index is 531. The summed E-state index contributed by atoms with van der Waals surface area (Å²) in [6.45, 7) is 0.678. The molecule has 0 saturated carbocycles. The first kappa shape index (κ1) is 13.4. The lowest BCUT2D eigenvalue weighted by Gasteiger charge is -2.09. The fourth-order valence-electron chi connectivity index (χ4n) is 1.47. The summed E-state index contributed by atoms with van der Waals surface area (Å²) in [5.74, 6) is 0.617. The highest BCUT2D eigenvalue weighted by atomic mass is 127. The third-order valence-electron chi connectivity index (χ3n) is 2.42. The normalized spacial score (nSPS) is 10.2. The Morgan fingerprint density at radius 1 is 1.33 bits per heavy atom. The van der Waals surface area contributed by atoms with Gasteiger partial charge in [-0.15, -0.1) is 0 Å². The zero-order valence-electron chi connectivity index (χ0n) is 9.78. The van der Waals surface area contributed by atoms with E-state index in [0.29, 0.717) is 12.4 Å². The van der Waals surface area contributed by atoms with E-state index in [0.717, 1.165) is 19.8 Å². The third kappa shape index (κ3) is 3.49. The number of pyridine rings is 1. The first-order valence-electron chi connectivity index (χ1n) is 5.37. The summed E-state index contributed by atoms with van der Waals surface area (Å²) in [5.41, 5.74) is 2.00. The summed E-state index contributed by atoms with van der Waals surface area (Å²) in [6.07, 6.45) is 1.78. The molecule has 0 aliphatic heterocycles. The molecule has 0 amide bonds. The van der Waals surface area contributed by atoms with Crippen molar-refractivity contribution in [2.75, 3.05) is 12.4 Å². The van der Waals surface area contributed by atoms with E-state index in [1.54, 1.807) is 13.3 Å². The van der Waals surface area contributed by atoms with E-state index in [4.69, 9.17) is 16.3 Å². The molecule has 2 rings (SSSR count). The predicted octanol–water partition coefficient (Wildman–Crippen LogP) is 3.96. The van der Waals surface area contributed by atoms with Crippen LogP contribution in [0.15, 0.2) is 36.5 Å². The van der Waals surface area contributed by atoms with E-state index in [1.165, 1.54) is 0 Å². The zero-order chi connectivity index (χ0) is 13.0. The molecule has 1 heterocycles. The average molecular weight is 375 g/mol. The van der Waals surface area contributed by atoms with Gasteiger partial charge < -0.3 is 10.1 Å². The van der Waals surface area contributed by atoms with Crippen LogP contribution in [-0.2, 0) is 6.54 Å². The number of anilines is 1. The fourth-order valence-corrected chi connectivity index (χ4v) is 2.39. The van der Waals surface area contributed by atoms with Crippen molar-refractivity contribution in [3.05, 3.63) is 50.7 Å². The Kier molecular flexibility index (Phi) is 4.66. The lowest BCUT2D eigenvalue weighted by molar-refractivity contribution is 0.397.